The van der Waals surface area contributed by atoms with Gasteiger partial charge in [0.25, 0.3) is 0 Å². The van der Waals surface area contributed by atoms with Crippen molar-refractivity contribution in [2.45, 2.75) is 27.2 Å². The molecule has 0 spiro atoms. The molecule has 0 bridgehead atoms. The van der Waals surface area contributed by atoms with Crippen LogP contribution in [0.4, 0.5) is 0 Å². The van der Waals surface area contributed by atoms with Gasteiger partial charge >= 0.3 is 0 Å². The number of aryl methyl sites for hydroxylation is 2. The lowest BCUT2D eigenvalue weighted by Gasteiger charge is -1.98. The number of hydrogen-bond acceptors (Lipinski definition) is 4. The Morgan fingerprint density at radius 2 is 2.24 bits per heavy atom. The van der Waals surface area contributed by atoms with Gasteiger partial charge in [-0.2, -0.15) is 0 Å². The lowest BCUT2D eigenvalue weighted by Crippen LogP contribution is -1.89. The molecule has 2 rings (SSSR count). The number of aromatic nitrogens is 2. The summed E-state index contributed by atoms with van der Waals surface area (Å²) in [6.07, 6.45) is 2.69. The molecule has 0 saturated heterocycles. The minimum atomic E-state index is 0.0796. The minimum Gasteiger partial charge on any atom is -0.294 e. The fraction of sp³-hybridized carbons (Fsp3) is 0.308. The molecule has 0 atom stereocenters. The number of carbonyl (C=O) groups excluding carboxylic acids is 1. The number of nitrogens with zero attached hydrogens (tertiary/aromatic N) is 2. The molecule has 0 aliphatic heterocycles. The van der Waals surface area contributed by atoms with Gasteiger partial charge in [0.1, 0.15) is 5.01 Å². The van der Waals surface area contributed by atoms with Crippen molar-refractivity contribution < 1.29 is 4.79 Å². The molecule has 2 aromatic rings. The first-order chi connectivity index (χ1) is 8.11. The van der Waals surface area contributed by atoms with Crippen LogP contribution in [0, 0.1) is 6.92 Å². The van der Waals surface area contributed by atoms with E-state index in [1.807, 2.05) is 19.1 Å². The van der Waals surface area contributed by atoms with Crippen molar-refractivity contribution in [3.63, 3.8) is 0 Å². The van der Waals surface area contributed by atoms with Crippen LogP contribution in [0.25, 0.3) is 10.6 Å². The predicted octanol–water partition coefficient (Wildman–Crippen LogP) is 3.28. The van der Waals surface area contributed by atoms with Crippen LogP contribution < -0.4 is 0 Å². The van der Waals surface area contributed by atoms with E-state index in [4.69, 9.17) is 0 Å². The van der Waals surface area contributed by atoms with E-state index < -0.39 is 0 Å². The molecule has 0 unspecified atom stereocenters. The molecule has 88 valence electrons. The molecule has 2 aromatic heterocycles. The predicted molar refractivity (Wildman–Crippen MR) is 69.5 cm³/mol. The van der Waals surface area contributed by atoms with Crippen LogP contribution in [-0.2, 0) is 6.42 Å². The molecule has 2 heterocycles. The maximum Gasteiger partial charge on any atom is 0.171 e. The SMILES string of the molecule is CCc1cc(-c2nc(C)c(C(C)=O)s2)ccn1. The molecule has 0 saturated carbocycles. The van der Waals surface area contributed by atoms with Crippen molar-refractivity contribution in [2.75, 3.05) is 0 Å². The molecule has 0 fully saturated rings. The molecule has 0 aliphatic rings. The quantitative estimate of drug-likeness (QED) is 0.780. The number of rotatable bonds is 3. The van der Waals surface area contributed by atoms with E-state index in [9.17, 15) is 4.79 Å². The van der Waals surface area contributed by atoms with Gasteiger partial charge in [-0.15, -0.1) is 11.3 Å². The first-order valence-electron chi connectivity index (χ1n) is 5.55. The van der Waals surface area contributed by atoms with Crippen LogP contribution >= 0.6 is 11.3 Å². The topological polar surface area (TPSA) is 42.9 Å². The molecule has 0 aliphatic carbocycles. The molecular weight excluding hydrogens is 232 g/mol. The van der Waals surface area contributed by atoms with Gasteiger partial charge in [-0.25, -0.2) is 4.98 Å². The van der Waals surface area contributed by atoms with E-state index in [1.54, 1.807) is 13.1 Å². The third-order valence-electron chi connectivity index (χ3n) is 2.54. The lowest BCUT2D eigenvalue weighted by atomic mass is 10.2. The van der Waals surface area contributed by atoms with Crippen LogP contribution in [0.1, 0.15) is 34.9 Å². The van der Waals surface area contributed by atoms with E-state index in [0.717, 1.165) is 33.3 Å². The van der Waals surface area contributed by atoms with Crippen LogP contribution in [0.5, 0.6) is 0 Å². The largest absolute Gasteiger partial charge is 0.294 e. The van der Waals surface area contributed by atoms with Crippen LogP contribution in [-0.4, -0.2) is 15.8 Å². The summed E-state index contributed by atoms with van der Waals surface area (Å²) in [6, 6.07) is 3.96. The van der Waals surface area contributed by atoms with Gasteiger partial charge in [0, 0.05) is 24.4 Å². The standard InChI is InChI=1S/C13H14N2OS/c1-4-11-7-10(5-6-14-11)13-15-8(2)12(17-13)9(3)16/h5-7H,4H2,1-3H3. The zero-order chi connectivity index (χ0) is 12.4. The fourth-order valence-electron chi connectivity index (χ4n) is 1.65. The lowest BCUT2D eigenvalue weighted by molar-refractivity contribution is 0.102. The van der Waals surface area contributed by atoms with Crippen LogP contribution in [0.2, 0.25) is 0 Å². The summed E-state index contributed by atoms with van der Waals surface area (Å²) in [5.41, 5.74) is 2.89. The second kappa shape index (κ2) is 4.75. The van der Waals surface area contributed by atoms with E-state index >= 15 is 0 Å². The zero-order valence-electron chi connectivity index (χ0n) is 10.2. The molecule has 0 radical (unpaired) electrons. The summed E-state index contributed by atoms with van der Waals surface area (Å²) < 4.78 is 0. The molecule has 3 nitrogen and oxygen atoms in total. The Morgan fingerprint density at radius 1 is 1.47 bits per heavy atom. The Bertz CT molecular complexity index is 560. The van der Waals surface area contributed by atoms with Crippen LogP contribution in [0.3, 0.4) is 0 Å². The number of pyridine rings is 1. The number of hydrogen-bond donors (Lipinski definition) is 0. The summed E-state index contributed by atoms with van der Waals surface area (Å²) in [5.74, 6) is 0.0796. The van der Waals surface area contributed by atoms with Crippen molar-refractivity contribution in [1.82, 2.24) is 9.97 Å². The summed E-state index contributed by atoms with van der Waals surface area (Å²) in [6.45, 7) is 5.52. The van der Waals surface area contributed by atoms with Crippen molar-refractivity contribution in [3.8, 4) is 10.6 Å². The minimum absolute atomic E-state index is 0.0796. The average molecular weight is 246 g/mol. The third-order valence-corrected chi connectivity index (χ3v) is 3.85. The number of thiazole rings is 1. The summed E-state index contributed by atoms with van der Waals surface area (Å²) in [7, 11) is 0. The van der Waals surface area contributed by atoms with Gasteiger partial charge in [-0.05, 0) is 25.5 Å². The Kier molecular flexibility index (Phi) is 3.33. The summed E-state index contributed by atoms with van der Waals surface area (Å²) in [4.78, 5) is 20.8. The maximum absolute atomic E-state index is 11.4. The Hall–Kier alpha value is -1.55. The normalized spacial score (nSPS) is 10.5. The molecule has 17 heavy (non-hydrogen) atoms. The number of carbonyl (C=O) groups is 1. The first kappa shape index (κ1) is 11.9. The maximum atomic E-state index is 11.4. The van der Waals surface area contributed by atoms with E-state index in [0.29, 0.717) is 0 Å². The highest BCUT2D eigenvalue weighted by atomic mass is 32.1. The Labute approximate surface area is 105 Å². The van der Waals surface area contributed by atoms with Crippen LogP contribution in [0.15, 0.2) is 18.3 Å². The highest BCUT2D eigenvalue weighted by molar-refractivity contribution is 7.17. The molecule has 0 aromatic carbocycles. The van der Waals surface area contributed by atoms with Gasteiger partial charge in [0.15, 0.2) is 5.78 Å². The molecule has 4 heteroatoms. The first-order valence-corrected chi connectivity index (χ1v) is 6.37. The Balaban J connectivity index is 2.46. The van der Waals surface area contributed by atoms with E-state index in [2.05, 4.69) is 16.9 Å². The van der Waals surface area contributed by atoms with Crippen molar-refractivity contribution >= 4 is 17.1 Å². The summed E-state index contributed by atoms with van der Waals surface area (Å²) >= 11 is 1.45. The number of ketones is 1. The fourth-order valence-corrected chi connectivity index (χ4v) is 2.61. The molecule has 0 N–H and O–H groups in total. The van der Waals surface area contributed by atoms with Gasteiger partial charge in [-0.3, -0.25) is 9.78 Å². The Morgan fingerprint density at radius 3 is 2.82 bits per heavy atom. The van der Waals surface area contributed by atoms with Gasteiger partial charge < -0.3 is 0 Å². The highest BCUT2D eigenvalue weighted by Gasteiger charge is 2.12. The van der Waals surface area contributed by atoms with Crippen molar-refractivity contribution in [3.05, 3.63) is 34.6 Å². The van der Waals surface area contributed by atoms with Gasteiger partial charge in [0.05, 0.1) is 10.6 Å². The second-order valence-corrected chi connectivity index (χ2v) is 4.88. The zero-order valence-corrected chi connectivity index (χ0v) is 11.0. The highest BCUT2D eigenvalue weighted by Crippen LogP contribution is 2.28. The second-order valence-electron chi connectivity index (χ2n) is 3.88. The van der Waals surface area contributed by atoms with Crippen molar-refractivity contribution in [2.24, 2.45) is 0 Å². The molecule has 0 amide bonds. The smallest absolute Gasteiger partial charge is 0.171 e. The van der Waals surface area contributed by atoms with E-state index in [-0.39, 0.29) is 5.78 Å². The monoisotopic (exact) mass is 246 g/mol. The van der Waals surface area contributed by atoms with Gasteiger partial charge in [0.2, 0.25) is 0 Å². The van der Waals surface area contributed by atoms with E-state index in [1.165, 1.54) is 11.3 Å². The number of Topliss-reactive ketones (excluding diaryl/α,β-unsaturated/α-hetero) is 1. The average Bonchev–Trinajstić information content (AvgIpc) is 2.71. The molecular formula is C13H14N2OS. The van der Waals surface area contributed by atoms with Crippen molar-refractivity contribution in [1.29, 1.82) is 0 Å². The van der Waals surface area contributed by atoms with Gasteiger partial charge in [-0.1, -0.05) is 6.92 Å². The summed E-state index contributed by atoms with van der Waals surface area (Å²) in [5, 5.41) is 0.893. The third kappa shape index (κ3) is 2.42.